The molecule has 6 heteroatoms. The number of anilines is 1. The van der Waals surface area contributed by atoms with Crippen molar-refractivity contribution in [1.29, 1.82) is 0 Å². The standard InChI is InChI=1S/C21H24ClN3O2/c1-15-2-11-20(26)25(13-15)14-17-5-9-19(10-6-17)24-21(27)23-12-16-3-7-18(22)8-4-16/h3-10,15H,2,11-14H2,1H3,(H2,23,24,27). The maximum absolute atomic E-state index is 12.0. The molecule has 1 unspecified atom stereocenters. The molecule has 0 aliphatic carbocycles. The number of hydrogen-bond acceptors (Lipinski definition) is 2. The van der Waals surface area contributed by atoms with E-state index in [9.17, 15) is 9.59 Å². The molecule has 3 amide bonds. The van der Waals surface area contributed by atoms with E-state index in [-0.39, 0.29) is 11.9 Å². The van der Waals surface area contributed by atoms with E-state index in [1.807, 2.05) is 41.3 Å². The Morgan fingerprint density at radius 2 is 1.78 bits per heavy atom. The molecule has 1 fully saturated rings. The molecule has 1 atom stereocenters. The van der Waals surface area contributed by atoms with Crippen LogP contribution in [0.5, 0.6) is 0 Å². The molecular weight excluding hydrogens is 362 g/mol. The van der Waals surface area contributed by atoms with Crippen molar-refractivity contribution in [3.05, 3.63) is 64.7 Å². The zero-order valence-electron chi connectivity index (χ0n) is 15.4. The van der Waals surface area contributed by atoms with Crippen molar-refractivity contribution >= 4 is 29.2 Å². The number of hydrogen-bond donors (Lipinski definition) is 2. The highest BCUT2D eigenvalue weighted by Gasteiger charge is 2.22. The number of nitrogens with one attached hydrogen (secondary N) is 2. The summed E-state index contributed by atoms with van der Waals surface area (Å²) in [5, 5.41) is 6.30. The number of carbonyl (C=O) groups is 2. The number of likely N-dealkylation sites (tertiary alicyclic amines) is 1. The van der Waals surface area contributed by atoms with E-state index < -0.39 is 0 Å². The van der Waals surface area contributed by atoms with Crippen molar-refractivity contribution in [1.82, 2.24) is 10.2 Å². The van der Waals surface area contributed by atoms with E-state index in [0.717, 1.165) is 24.1 Å². The van der Waals surface area contributed by atoms with E-state index in [4.69, 9.17) is 11.6 Å². The second-order valence-electron chi connectivity index (χ2n) is 7.05. The molecular formula is C21H24ClN3O2. The Balaban J connectivity index is 1.48. The zero-order valence-corrected chi connectivity index (χ0v) is 16.1. The van der Waals surface area contributed by atoms with Gasteiger partial charge in [-0.1, -0.05) is 42.8 Å². The van der Waals surface area contributed by atoms with Crippen LogP contribution in [-0.4, -0.2) is 23.4 Å². The van der Waals surface area contributed by atoms with Crippen LogP contribution in [0.1, 0.15) is 30.9 Å². The summed E-state index contributed by atoms with van der Waals surface area (Å²) in [6.07, 6.45) is 1.61. The van der Waals surface area contributed by atoms with Crippen molar-refractivity contribution in [2.75, 3.05) is 11.9 Å². The van der Waals surface area contributed by atoms with Crippen LogP contribution in [0.15, 0.2) is 48.5 Å². The summed E-state index contributed by atoms with van der Waals surface area (Å²) < 4.78 is 0. The van der Waals surface area contributed by atoms with Crippen molar-refractivity contribution in [2.45, 2.75) is 32.9 Å². The van der Waals surface area contributed by atoms with Crippen LogP contribution in [-0.2, 0) is 17.9 Å². The van der Waals surface area contributed by atoms with Gasteiger partial charge in [0, 0.05) is 36.8 Å². The molecule has 2 aromatic rings. The lowest BCUT2D eigenvalue weighted by atomic mass is 9.99. The number of halogens is 1. The molecule has 0 spiro atoms. The van der Waals surface area contributed by atoms with Crippen LogP contribution in [0.4, 0.5) is 10.5 Å². The van der Waals surface area contributed by atoms with Crippen LogP contribution >= 0.6 is 11.6 Å². The number of nitrogens with zero attached hydrogens (tertiary/aromatic N) is 1. The van der Waals surface area contributed by atoms with Crippen molar-refractivity contribution in [2.24, 2.45) is 5.92 Å². The molecule has 3 rings (SSSR count). The van der Waals surface area contributed by atoms with Gasteiger partial charge in [0.15, 0.2) is 0 Å². The SMILES string of the molecule is CC1CCC(=O)N(Cc2ccc(NC(=O)NCc3ccc(Cl)cc3)cc2)C1. The highest BCUT2D eigenvalue weighted by molar-refractivity contribution is 6.30. The second-order valence-corrected chi connectivity index (χ2v) is 7.49. The fourth-order valence-corrected chi connectivity index (χ4v) is 3.25. The molecule has 5 nitrogen and oxygen atoms in total. The average Bonchev–Trinajstić information content (AvgIpc) is 2.66. The lowest BCUT2D eigenvalue weighted by molar-refractivity contribution is -0.135. The third-order valence-electron chi connectivity index (χ3n) is 4.69. The number of piperidine rings is 1. The Morgan fingerprint density at radius 3 is 2.48 bits per heavy atom. The predicted octanol–water partition coefficient (Wildman–Crippen LogP) is 4.42. The number of urea groups is 1. The molecule has 0 bridgehead atoms. The number of amides is 3. The monoisotopic (exact) mass is 385 g/mol. The number of benzene rings is 2. The van der Waals surface area contributed by atoms with E-state index in [1.54, 1.807) is 12.1 Å². The summed E-state index contributed by atoms with van der Waals surface area (Å²) in [4.78, 5) is 26.0. The average molecular weight is 386 g/mol. The van der Waals surface area contributed by atoms with Gasteiger partial charge in [-0.15, -0.1) is 0 Å². The Labute approximate surface area is 164 Å². The molecule has 0 radical (unpaired) electrons. The second kappa shape index (κ2) is 8.91. The van der Waals surface area contributed by atoms with Gasteiger partial charge in [0.1, 0.15) is 0 Å². The number of carbonyl (C=O) groups excluding carboxylic acids is 2. The summed E-state index contributed by atoms with van der Waals surface area (Å²) >= 11 is 5.85. The Hall–Kier alpha value is -2.53. The predicted molar refractivity (Wildman–Crippen MR) is 108 cm³/mol. The van der Waals surface area contributed by atoms with Crippen LogP contribution in [0.2, 0.25) is 5.02 Å². The minimum Gasteiger partial charge on any atom is -0.338 e. The van der Waals surface area contributed by atoms with E-state index in [1.165, 1.54) is 0 Å². The van der Waals surface area contributed by atoms with Crippen LogP contribution in [0.3, 0.4) is 0 Å². The smallest absolute Gasteiger partial charge is 0.319 e. The van der Waals surface area contributed by atoms with Gasteiger partial charge in [0.05, 0.1) is 0 Å². The van der Waals surface area contributed by atoms with Gasteiger partial charge in [-0.2, -0.15) is 0 Å². The fourth-order valence-electron chi connectivity index (χ4n) is 3.12. The minimum absolute atomic E-state index is 0.219. The summed E-state index contributed by atoms with van der Waals surface area (Å²) in [6, 6.07) is 14.7. The molecule has 142 valence electrons. The molecule has 0 aromatic heterocycles. The summed E-state index contributed by atoms with van der Waals surface area (Å²) in [5.41, 5.74) is 2.75. The maximum atomic E-state index is 12.0. The minimum atomic E-state index is -0.266. The van der Waals surface area contributed by atoms with Gasteiger partial charge in [-0.05, 0) is 47.7 Å². The molecule has 1 saturated heterocycles. The third kappa shape index (κ3) is 5.73. The van der Waals surface area contributed by atoms with Gasteiger partial charge < -0.3 is 15.5 Å². The first kappa shape index (κ1) is 19.2. The van der Waals surface area contributed by atoms with Crippen LogP contribution in [0.25, 0.3) is 0 Å². The topological polar surface area (TPSA) is 61.4 Å². The van der Waals surface area contributed by atoms with Gasteiger partial charge >= 0.3 is 6.03 Å². The van der Waals surface area contributed by atoms with Crippen molar-refractivity contribution in [3.8, 4) is 0 Å². The summed E-state index contributed by atoms with van der Waals surface area (Å²) in [5.74, 6) is 0.768. The summed E-state index contributed by atoms with van der Waals surface area (Å²) in [6.45, 7) is 4.03. The van der Waals surface area contributed by atoms with Crippen molar-refractivity contribution < 1.29 is 9.59 Å². The molecule has 1 heterocycles. The number of rotatable bonds is 5. The maximum Gasteiger partial charge on any atom is 0.319 e. The van der Waals surface area contributed by atoms with Crippen LogP contribution < -0.4 is 10.6 Å². The third-order valence-corrected chi connectivity index (χ3v) is 4.94. The van der Waals surface area contributed by atoms with Crippen molar-refractivity contribution in [3.63, 3.8) is 0 Å². The molecule has 1 aliphatic rings. The first-order valence-corrected chi connectivity index (χ1v) is 9.53. The quantitative estimate of drug-likeness (QED) is 0.800. The largest absolute Gasteiger partial charge is 0.338 e. The lowest BCUT2D eigenvalue weighted by Gasteiger charge is -2.31. The van der Waals surface area contributed by atoms with Crippen LogP contribution in [0, 0.1) is 5.92 Å². The highest BCUT2D eigenvalue weighted by Crippen LogP contribution is 2.20. The van der Waals surface area contributed by atoms with Gasteiger partial charge in [-0.3, -0.25) is 4.79 Å². The van der Waals surface area contributed by atoms with Gasteiger partial charge in [0.2, 0.25) is 5.91 Å². The molecule has 27 heavy (non-hydrogen) atoms. The lowest BCUT2D eigenvalue weighted by Crippen LogP contribution is -2.38. The normalized spacial score (nSPS) is 16.9. The Bertz CT molecular complexity index is 790. The Kier molecular flexibility index (Phi) is 6.35. The van der Waals surface area contributed by atoms with Gasteiger partial charge in [0.25, 0.3) is 0 Å². The molecule has 2 N–H and O–H groups in total. The molecule has 2 aromatic carbocycles. The van der Waals surface area contributed by atoms with E-state index in [0.29, 0.717) is 36.1 Å². The summed E-state index contributed by atoms with van der Waals surface area (Å²) in [7, 11) is 0. The first-order chi connectivity index (χ1) is 13.0. The fraction of sp³-hybridized carbons (Fsp3) is 0.333. The highest BCUT2D eigenvalue weighted by atomic mass is 35.5. The zero-order chi connectivity index (χ0) is 19.2. The Morgan fingerprint density at radius 1 is 1.11 bits per heavy atom. The van der Waals surface area contributed by atoms with E-state index >= 15 is 0 Å². The first-order valence-electron chi connectivity index (χ1n) is 9.15. The molecule has 0 saturated carbocycles. The van der Waals surface area contributed by atoms with E-state index in [2.05, 4.69) is 17.6 Å². The van der Waals surface area contributed by atoms with Gasteiger partial charge in [-0.25, -0.2) is 4.79 Å². The molecule has 1 aliphatic heterocycles.